The van der Waals surface area contributed by atoms with Crippen LogP contribution in [0.1, 0.15) is 62.3 Å². The summed E-state index contributed by atoms with van der Waals surface area (Å²) in [6.45, 7) is 8.20. The van der Waals surface area contributed by atoms with Crippen molar-refractivity contribution in [2.75, 3.05) is 19.0 Å². The lowest BCUT2D eigenvalue weighted by molar-refractivity contribution is 0.0729. The van der Waals surface area contributed by atoms with E-state index in [4.69, 9.17) is 9.47 Å². The minimum Gasteiger partial charge on any atom is -0.493 e. The van der Waals surface area contributed by atoms with Gasteiger partial charge in [0.15, 0.2) is 11.5 Å². The number of aryl methyl sites for hydroxylation is 1. The van der Waals surface area contributed by atoms with Crippen molar-refractivity contribution in [3.63, 3.8) is 0 Å². The molecule has 0 aliphatic carbocycles. The number of ether oxygens (including phenoxy) is 2. The van der Waals surface area contributed by atoms with Crippen molar-refractivity contribution in [1.29, 1.82) is 0 Å². The number of nitrogens with zero attached hydrogens (tertiary/aromatic N) is 1. The van der Waals surface area contributed by atoms with Gasteiger partial charge in [-0.25, -0.2) is 4.79 Å². The van der Waals surface area contributed by atoms with Crippen molar-refractivity contribution in [2.45, 2.75) is 45.9 Å². The molecule has 2 aliphatic heterocycles. The van der Waals surface area contributed by atoms with Crippen LogP contribution in [-0.4, -0.2) is 36.5 Å². The second-order valence-electron chi connectivity index (χ2n) is 9.24. The number of hydrogen-bond donors (Lipinski definition) is 2. The number of hydrogen-bond acceptors (Lipinski definition) is 7. The van der Waals surface area contributed by atoms with Gasteiger partial charge >= 0.3 is 5.97 Å². The highest BCUT2D eigenvalue weighted by Gasteiger charge is 2.34. The highest BCUT2D eigenvalue weighted by molar-refractivity contribution is 7.16. The Labute approximate surface area is 209 Å². The summed E-state index contributed by atoms with van der Waals surface area (Å²) < 4.78 is 11.1. The number of fused-ring (bicyclic) bond motifs is 3. The third-order valence-corrected chi connectivity index (χ3v) is 7.75. The third kappa shape index (κ3) is 4.51. The van der Waals surface area contributed by atoms with Gasteiger partial charge in [-0.1, -0.05) is 23.8 Å². The zero-order chi connectivity index (χ0) is 24.7. The first kappa shape index (κ1) is 23.4. The number of rotatable bonds is 5. The first-order valence-electron chi connectivity index (χ1n) is 11.8. The topological polar surface area (TPSA) is 79.9 Å². The molecule has 3 aromatic rings. The Morgan fingerprint density at radius 1 is 1.11 bits per heavy atom. The lowest BCUT2D eigenvalue weighted by Crippen LogP contribution is -2.39. The van der Waals surface area contributed by atoms with Crippen molar-refractivity contribution in [1.82, 2.24) is 10.2 Å². The molecule has 3 heterocycles. The molecule has 0 radical (unpaired) electrons. The Morgan fingerprint density at radius 2 is 1.89 bits per heavy atom. The van der Waals surface area contributed by atoms with E-state index in [0.717, 1.165) is 41.2 Å². The van der Waals surface area contributed by atoms with E-state index in [0.29, 0.717) is 23.1 Å². The van der Waals surface area contributed by atoms with Crippen molar-refractivity contribution in [3.8, 4) is 11.5 Å². The summed E-state index contributed by atoms with van der Waals surface area (Å²) in [5.74, 6) is 0.227. The van der Waals surface area contributed by atoms with Crippen LogP contribution in [-0.2, 0) is 13.0 Å². The van der Waals surface area contributed by atoms with Gasteiger partial charge in [-0.2, -0.15) is 0 Å². The van der Waals surface area contributed by atoms with Gasteiger partial charge in [-0.05, 0) is 62.6 Å². The minimum absolute atomic E-state index is 0.0620. The predicted octanol–water partition coefficient (Wildman–Crippen LogP) is 4.90. The fourth-order valence-corrected chi connectivity index (χ4v) is 5.84. The predicted molar refractivity (Wildman–Crippen MR) is 137 cm³/mol. The van der Waals surface area contributed by atoms with Crippen LogP contribution in [0, 0.1) is 6.92 Å². The fourth-order valence-electron chi connectivity index (χ4n) is 4.54. The average molecular weight is 492 g/mol. The molecule has 7 nitrogen and oxygen atoms in total. The zero-order valence-corrected chi connectivity index (χ0v) is 21.1. The van der Waals surface area contributed by atoms with E-state index in [2.05, 4.69) is 29.4 Å². The van der Waals surface area contributed by atoms with Crippen LogP contribution >= 0.6 is 11.3 Å². The summed E-state index contributed by atoms with van der Waals surface area (Å²) in [6, 6.07) is 13.0. The number of nitrogens with one attached hydrogen (secondary N) is 2. The minimum atomic E-state index is -0.454. The molecule has 0 saturated heterocycles. The molecule has 1 atom stereocenters. The Balaban J connectivity index is 1.36. The maximum absolute atomic E-state index is 13.1. The standard InChI is InChI=1S/C27H29N3O4S/c1-15(2)30-12-11-19-22(14-30)35-26-23(19)25(31)28-24(29-26)18-9-10-20(21(13-18)33-4)34-27(32)17-7-5-16(3)6-8-17/h5-10,13,15,24,29H,11-12,14H2,1-4H3,(H,28,31)/t24-/m1/s1. The summed E-state index contributed by atoms with van der Waals surface area (Å²) in [5, 5.41) is 7.48. The third-order valence-electron chi connectivity index (χ3n) is 6.61. The quantitative estimate of drug-likeness (QED) is 0.390. The SMILES string of the molecule is COc1cc([C@@H]2NC(=O)c3c(sc4c3CCN(C(C)C)C4)N2)ccc1OC(=O)c1ccc(C)cc1. The van der Waals surface area contributed by atoms with Gasteiger partial charge in [0.05, 0.1) is 18.2 Å². The van der Waals surface area contributed by atoms with Gasteiger partial charge in [-0.3, -0.25) is 9.69 Å². The van der Waals surface area contributed by atoms with Crippen molar-refractivity contribution < 1.29 is 19.1 Å². The maximum atomic E-state index is 13.1. The first-order chi connectivity index (χ1) is 16.8. The number of esters is 1. The van der Waals surface area contributed by atoms with Crippen LogP contribution < -0.4 is 20.1 Å². The van der Waals surface area contributed by atoms with Crippen LogP contribution in [0.5, 0.6) is 11.5 Å². The zero-order valence-electron chi connectivity index (χ0n) is 20.3. The van der Waals surface area contributed by atoms with E-state index < -0.39 is 12.1 Å². The summed E-state index contributed by atoms with van der Waals surface area (Å²) in [4.78, 5) is 29.4. The molecule has 1 aromatic heterocycles. The monoisotopic (exact) mass is 491 g/mol. The first-order valence-corrected chi connectivity index (χ1v) is 12.6. The highest BCUT2D eigenvalue weighted by Crippen LogP contribution is 2.42. The largest absolute Gasteiger partial charge is 0.493 e. The Bertz CT molecular complexity index is 1280. The molecule has 2 aliphatic rings. The van der Waals surface area contributed by atoms with E-state index >= 15 is 0 Å². The molecular formula is C27H29N3O4S. The molecule has 0 spiro atoms. The molecule has 2 aromatic carbocycles. The number of carbonyl (C=O) groups excluding carboxylic acids is 2. The van der Waals surface area contributed by atoms with Crippen LogP contribution in [0.25, 0.3) is 0 Å². The van der Waals surface area contributed by atoms with E-state index in [9.17, 15) is 9.59 Å². The van der Waals surface area contributed by atoms with Gasteiger partial charge < -0.3 is 20.1 Å². The molecule has 1 amide bonds. The number of carbonyl (C=O) groups is 2. The highest BCUT2D eigenvalue weighted by atomic mass is 32.1. The number of thiophene rings is 1. The molecule has 2 N–H and O–H groups in total. The van der Waals surface area contributed by atoms with Gasteiger partial charge in [0.1, 0.15) is 11.2 Å². The van der Waals surface area contributed by atoms with Crippen LogP contribution in [0.2, 0.25) is 0 Å². The fraction of sp³-hybridized carbons (Fsp3) is 0.333. The number of anilines is 1. The number of benzene rings is 2. The molecule has 0 fully saturated rings. The van der Waals surface area contributed by atoms with E-state index in [-0.39, 0.29) is 5.91 Å². The van der Waals surface area contributed by atoms with E-state index in [1.165, 1.54) is 17.6 Å². The normalized spacial score (nSPS) is 17.3. The van der Waals surface area contributed by atoms with Crippen molar-refractivity contribution in [3.05, 3.63) is 75.2 Å². The summed E-state index contributed by atoms with van der Waals surface area (Å²) in [5.41, 5.74) is 4.29. The molecule has 5 rings (SSSR count). The van der Waals surface area contributed by atoms with Crippen molar-refractivity contribution >= 4 is 28.2 Å². The molecular weight excluding hydrogens is 462 g/mol. The van der Waals surface area contributed by atoms with Gasteiger partial charge in [-0.15, -0.1) is 11.3 Å². The van der Waals surface area contributed by atoms with Crippen LogP contribution in [0.3, 0.4) is 0 Å². The van der Waals surface area contributed by atoms with Gasteiger partial charge in [0, 0.05) is 24.0 Å². The Kier molecular flexibility index (Phi) is 6.25. The summed E-state index contributed by atoms with van der Waals surface area (Å²) >= 11 is 1.67. The van der Waals surface area contributed by atoms with E-state index in [1.54, 1.807) is 35.6 Å². The van der Waals surface area contributed by atoms with Crippen LogP contribution in [0.15, 0.2) is 42.5 Å². The number of amides is 1. The summed E-state index contributed by atoms with van der Waals surface area (Å²) in [6.07, 6.45) is 0.473. The van der Waals surface area contributed by atoms with E-state index in [1.807, 2.05) is 25.1 Å². The number of methoxy groups -OCH3 is 1. The molecule has 0 unspecified atom stereocenters. The molecule has 35 heavy (non-hydrogen) atoms. The van der Waals surface area contributed by atoms with Gasteiger partial charge in [0.2, 0.25) is 0 Å². The van der Waals surface area contributed by atoms with Crippen LogP contribution in [0.4, 0.5) is 5.00 Å². The molecule has 182 valence electrons. The average Bonchev–Trinajstić information content (AvgIpc) is 3.22. The summed E-state index contributed by atoms with van der Waals surface area (Å²) in [7, 11) is 1.53. The Morgan fingerprint density at radius 3 is 2.60 bits per heavy atom. The Hall–Kier alpha value is -3.36. The second kappa shape index (κ2) is 9.36. The van der Waals surface area contributed by atoms with Crippen molar-refractivity contribution in [2.24, 2.45) is 0 Å². The molecule has 0 bridgehead atoms. The smallest absolute Gasteiger partial charge is 0.343 e. The lowest BCUT2D eigenvalue weighted by atomic mass is 9.99. The maximum Gasteiger partial charge on any atom is 0.343 e. The second-order valence-corrected chi connectivity index (χ2v) is 10.3. The van der Waals surface area contributed by atoms with Gasteiger partial charge in [0.25, 0.3) is 5.91 Å². The molecule has 0 saturated carbocycles. The lowest BCUT2D eigenvalue weighted by Gasteiger charge is -2.31. The molecule has 8 heteroatoms.